The second-order valence-corrected chi connectivity index (χ2v) is 16.4. The van der Waals surface area contributed by atoms with Gasteiger partial charge in [-0.05, 0) is 97.7 Å². The number of unbranched alkanes of at least 4 members (excludes halogenated alkanes) is 2. The van der Waals surface area contributed by atoms with Gasteiger partial charge in [0.2, 0.25) is 0 Å². The SMILES string of the molecule is CCCCC(CC)CN1C(=O)/C(=C2\C(=O)N(CC(CC)CCCC)c3cc(-c4sc(-c5scc(C)c5C)c(C)c4C)ccc32)c2ccccc21. The van der Waals surface area contributed by atoms with E-state index in [0.717, 1.165) is 79.4 Å². The maximum atomic E-state index is 14.9. The number of fused-ring (bicyclic) bond motifs is 2. The molecule has 0 saturated carbocycles. The van der Waals surface area contributed by atoms with E-state index in [4.69, 9.17) is 0 Å². The fourth-order valence-corrected chi connectivity index (χ4v) is 10.4. The molecule has 264 valence electrons. The van der Waals surface area contributed by atoms with Crippen LogP contribution >= 0.6 is 22.7 Å². The molecule has 0 saturated heterocycles. The molecule has 0 bridgehead atoms. The molecule has 2 aliphatic heterocycles. The highest BCUT2D eigenvalue weighted by Crippen LogP contribution is 2.50. The number of thiophene rings is 2. The van der Waals surface area contributed by atoms with Crippen LogP contribution in [0.2, 0.25) is 0 Å². The predicted octanol–water partition coefficient (Wildman–Crippen LogP) is 12.4. The number of benzene rings is 2. The number of amides is 2. The minimum absolute atomic E-state index is 0.0321. The summed E-state index contributed by atoms with van der Waals surface area (Å²) in [5.74, 6) is 0.758. The smallest absolute Gasteiger partial charge is 0.259 e. The summed E-state index contributed by atoms with van der Waals surface area (Å²) in [4.78, 5) is 37.4. The van der Waals surface area contributed by atoms with Crippen molar-refractivity contribution in [3.05, 3.63) is 81.2 Å². The van der Waals surface area contributed by atoms with Crippen molar-refractivity contribution < 1.29 is 9.59 Å². The molecule has 0 aliphatic carbocycles. The molecule has 6 heteroatoms. The van der Waals surface area contributed by atoms with Crippen LogP contribution in [-0.2, 0) is 9.59 Å². The van der Waals surface area contributed by atoms with Crippen LogP contribution in [0, 0.1) is 39.5 Å². The van der Waals surface area contributed by atoms with Gasteiger partial charge < -0.3 is 9.80 Å². The van der Waals surface area contributed by atoms with E-state index >= 15 is 0 Å². The van der Waals surface area contributed by atoms with Gasteiger partial charge in [0.15, 0.2) is 0 Å². The summed E-state index contributed by atoms with van der Waals surface area (Å²) in [6.45, 7) is 19.2. The number of hydrogen-bond acceptors (Lipinski definition) is 4. The van der Waals surface area contributed by atoms with Crippen LogP contribution in [0.15, 0.2) is 47.8 Å². The summed E-state index contributed by atoms with van der Waals surface area (Å²) in [6, 6.07) is 14.7. The van der Waals surface area contributed by atoms with Gasteiger partial charge in [-0.25, -0.2) is 0 Å². The van der Waals surface area contributed by atoms with Gasteiger partial charge in [-0.15, -0.1) is 22.7 Å². The van der Waals surface area contributed by atoms with Gasteiger partial charge in [-0.1, -0.05) is 96.6 Å². The van der Waals surface area contributed by atoms with Crippen molar-refractivity contribution in [2.45, 2.75) is 107 Å². The molecule has 0 radical (unpaired) electrons. The highest BCUT2D eigenvalue weighted by molar-refractivity contribution is 7.23. The number of hydrogen-bond donors (Lipinski definition) is 0. The van der Waals surface area contributed by atoms with Crippen LogP contribution in [-0.4, -0.2) is 24.9 Å². The molecule has 0 fully saturated rings. The molecule has 50 heavy (non-hydrogen) atoms. The highest BCUT2D eigenvalue weighted by atomic mass is 32.1. The number of nitrogens with zero attached hydrogens (tertiary/aromatic N) is 2. The number of carbonyl (C=O) groups excluding carboxylic acids is 2. The number of carbonyl (C=O) groups is 2. The lowest BCUT2D eigenvalue weighted by molar-refractivity contribution is -0.114. The zero-order chi connectivity index (χ0) is 35.7. The van der Waals surface area contributed by atoms with Crippen LogP contribution in [0.1, 0.15) is 112 Å². The van der Waals surface area contributed by atoms with Gasteiger partial charge in [-0.3, -0.25) is 9.59 Å². The molecule has 4 aromatic rings. The summed E-state index contributed by atoms with van der Waals surface area (Å²) in [5, 5.41) is 2.26. The first-order chi connectivity index (χ1) is 24.1. The molecule has 0 N–H and O–H groups in total. The van der Waals surface area contributed by atoms with Gasteiger partial charge in [0, 0.05) is 38.8 Å². The summed E-state index contributed by atoms with van der Waals surface area (Å²) in [6.07, 6.45) is 8.84. The molecule has 2 aliphatic rings. The van der Waals surface area contributed by atoms with E-state index < -0.39 is 0 Å². The average molecular weight is 707 g/mol. The zero-order valence-electron chi connectivity index (χ0n) is 31.4. The topological polar surface area (TPSA) is 40.6 Å². The van der Waals surface area contributed by atoms with Crippen molar-refractivity contribution >= 4 is 57.0 Å². The summed E-state index contributed by atoms with van der Waals surface area (Å²) >= 11 is 3.69. The van der Waals surface area contributed by atoms with Crippen LogP contribution in [0.5, 0.6) is 0 Å². The zero-order valence-corrected chi connectivity index (χ0v) is 33.0. The van der Waals surface area contributed by atoms with Crippen molar-refractivity contribution in [2.75, 3.05) is 22.9 Å². The molecule has 2 aromatic heterocycles. The van der Waals surface area contributed by atoms with Crippen LogP contribution < -0.4 is 9.80 Å². The number of rotatable bonds is 14. The van der Waals surface area contributed by atoms with Crippen molar-refractivity contribution in [3.63, 3.8) is 0 Å². The van der Waals surface area contributed by atoms with Crippen molar-refractivity contribution in [3.8, 4) is 20.2 Å². The molecule has 2 atom stereocenters. The van der Waals surface area contributed by atoms with E-state index in [-0.39, 0.29) is 11.8 Å². The Hall–Kier alpha value is -3.48. The quantitative estimate of drug-likeness (QED) is 0.122. The first-order valence-corrected chi connectivity index (χ1v) is 20.6. The molecule has 4 heterocycles. The van der Waals surface area contributed by atoms with Crippen molar-refractivity contribution in [1.29, 1.82) is 0 Å². The average Bonchev–Trinajstić information content (AvgIpc) is 3.79. The first-order valence-electron chi connectivity index (χ1n) is 18.9. The fourth-order valence-electron chi connectivity index (χ4n) is 7.76. The normalized spacial score (nSPS) is 16.8. The van der Waals surface area contributed by atoms with Crippen molar-refractivity contribution in [2.24, 2.45) is 11.8 Å². The third kappa shape index (κ3) is 6.54. The van der Waals surface area contributed by atoms with Crippen LogP contribution in [0.3, 0.4) is 0 Å². The Balaban J connectivity index is 1.49. The van der Waals surface area contributed by atoms with E-state index in [1.165, 1.54) is 36.9 Å². The van der Waals surface area contributed by atoms with E-state index in [1.54, 1.807) is 0 Å². The maximum absolute atomic E-state index is 14.9. The Morgan fingerprint density at radius 3 is 1.76 bits per heavy atom. The molecular formula is C44H54N2O2S2. The van der Waals surface area contributed by atoms with E-state index in [9.17, 15) is 9.59 Å². The van der Waals surface area contributed by atoms with Gasteiger partial charge in [-0.2, -0.15) is 0 Å². The molecule has 2 aromatic carbocycles. The second kappa shape index (κ2) is 15.4. The van der Waals surface area contributed by atoms with E-state index in [2.05, 4.69) is 85.0 Å². The van der Waals surface area contributed by atoms with Crippen molar-refractivity contribution in [1.82, 2.24) is 0 Å². The standard InChI is InChI=1S/C44H54N2O2S2/c1-9-13-17-31(11-3)24-45-36-20-16-15-19-34(36)38(43(45)47)39-35-22-21-33(23-37(35)46(44(39)48)25-32(12-4)18-14-10-2)40-29(7)30(8)42(50-40)41-28(6)27(5)26-49-41/h15-16,19-23,26,31-32H,9-14,17-18,24-25H2,1-8H3/b39-38-. The first kappa shape index (κ1) is 36.3. The second-order valence-electron chi connectivity index (χ2n) is 14.5. The van der Waals surface area contributed by atoms with Gasteiger partial charge in [0.25, 0.3) is 11.8 Å². The number of aryl methyl sites for hydroxylation is 1. The molecule has 2 amide bonds. The fraction of sp³-hybridized carbons (Fsp3) is 0.455. The lowest BCUT2D eigenvalue weighted by atomic mass is 9.95. The number of para-hydroxylation sites is 1. The van der Waals surface area contributed by atoms with Crippen LogP contribution in [0.25, 0.3) is 31.3 Å². The summed E-state index contributed by atoms with van der Waals surface area (Å²) < 4.78 is 0. The molecule has 2 unspecified atom stereocenters. The maximum Gasteiger partial charge on any atom is 0.259 e. The number of anilines is 2. The predicted molar refractivity (Wildman–Crippen MR) is 217 cm³/mol. The van der Waals surface area contributed by atoms with Gasteiger partial charge in [0.05, 0.1) is 22.5 Å². The molecule has 6 rings (SSSR count). The van der Waals surface area contributed by atoms with E-state index in [1.807, 2.05) is 50.7 Å². The third-order valence-electron chi connectivity index (χ3n) is 11.4. The Labute approximate surface area is 308 Å². The Morgan fingerprint density at radius 2 is 1.20 bits per heavy atom. The highest BCUT2D eigenvalue weighted by Gasteiger charge is 2.43. The monoisotopic (exact) mass is 706 g/mol. The Morgan fingerprint density at radius 1 is 0.640 bits per heavy atom. The Bertz CT molecular complexity index is 1930. The van der Waals surface area contributed by atoms with Gasteiger partial charge >= 0.3 is 0 Å². The minimum Gasteiger partial charge on any atom is -0.307 e. The molecule has 0 spiro atoms. The largest absolute Gasteiger partial charge is 0.307 e. The lowest BCUT2D eigenvalue weighted by Crippen LogP contribution is -2.34. The summed E-state index contributed by atoms with van der Waals surface area (Å²) in [5.41, 5.74) is 11.3. The molecule has 4 nitrogen and oxygen atoms in total. The lowest BCUT2D eigenvalue weighted by Gasteiger charge is -2.24. The van der Waals surface area contributed by atoms with Crippen LogP contribution in [0.4, 0.5) is 11.4 Å². The third-order valence-corrected chi connectivity index (χ3v) is 14.2. The summed E-state index contributed by atoms with van der Waals surface area (Å²) in [7, 11) is 0. The molecular weight excluding hydrogens is 653 g/mol. The Kier molecular flexibility index (Phi) is 11.2. The van der Waals surface area contributed by atoms with Gasteiger partial charge in [0.1, 0.15) is 0 Å². The minimum atomic E-state index is -0.0328. The van der Waals surface area contributed by atoms with E-state index in [0.29, 0.717) is 36.1 Å².